The van der Waals surface area contributed by atoms with E-state index >= 15 is 0 Å². The molecule has 7 rings (SSSR count). The van der Waals surface area contributed by atoms with E-state index in [1.165, 1.54) is 37.4 Å². The number of methoxy groups -OCH3 is 2. The van der Waals surface area contributed by atoms with Gasteiger partial charge in [-0.15, -0.1) is 0 Å². The van der Waals surface area contributed by atoms with Crippen LogP contribution < -0.4 is 30.3 Å². The summed E-state index contributed by atoms with van der Waals surface area (Å²) in [5, 5.41) is 24.5. The molecular formula is C49H57BN6O13S. The predicted octanol–water partition coefficient (Wildman–Crippen LogP) is 1.81. The number of ether oxygens (including phenoxy) is 3. The largest absolute Gasteiger partial charge is 0.744 e. The van der Waals surface area contributed by atoms with Crippen molar-refractivity contribution in [1.29, 1.82) is 0 Å². The molecule has 2 aliphatic rings. The van der Waals surface area contributed by atoms with Gasteiger partial charge in [-0.05, 0) is 91.5 Å². The molecule has 0 aliphatic carbocycles. The monoisotopic (exact) mass is 980 g/mol. The molecule has 2 fully saturated rings. The van der Waals surface area contributed by atoms with Crippen LogP contribution in [0.4, 0.5) is 0 Å². The lowest BCUT2D eigenvalue weighted by molar-refractivity contribution is -0.913. The molecule has 70 heavy (non-hydrogen) atoms. The molecule has 21 heteroatoms. The third-order valence-electron chi connectivity index (χ3n) is 12.3. The zero-order valence-corrected chi connectivity index (χ0v) is 40.3. The maximum absolute atomic E-state index is 13.4. The number of likely N-dealkylation sites (tertiary alicyclic amines) is 1. The minimum absolute atomic E-state index is 0.0792. The van der Waals surface area contributed by atoms with E-state index in [4.69, 9.17) is 14.2 Å². The number of carbonyl (C=O) groups is 5. The number of likely N-dealkylation sites (N-methyl/N-ethyl adjacent to an activating group) is 1. The maximum Gasteiger partial charge on any atom is 0.488 e. The number of aryl methyl sites for hydroxylation is 1. The number of rotatable bonds is 17. The molecule has 4 amide bonds. The van der Waals surface area contributed by atoms with Crippen LogP contribution in [0.2, 0.25) is 0 Å². The van der Waals surface area contributed by atoms with Crippen molar-refractivity contribution in [2.45, 2.75) is 43.7 Å². The number of Topliss-reactive ketones (excluding diaryl/α,β-unsaturated/α-hetero) is 1. The Hall–Kier alpha value is -6.91. The first-order valence-electron chi connectivity index (χ1n) is 22.6. The van der Waals surface area contributed by atoms with Gasteiger partial charge in [-0.25, -0.2) is 8.42 Å². The highest BCUT2D eigenvalue weighted by Crippen LogP contribution is 2.28. The minimum atomic E-state index is -4.27. The smallest absolute Gasteiger partial charge is 0.488 e. The number of piperazine rings is 1. The van der Waals surface area contributed by atoms with Crippen LogP contribution in [0.5, 0.6) is 17.2 Å². The fraction of sp³-hybridized carbons (Fsp3) is 0.347. The molecule has 4 aromatic carbocycles. The number of amides is 4. The molecule has 0 radical (unpaired) electrons. The second kappa shape index (κ2) is 23.6. The molecule has 4 N–H and O–H groups in total. The minimum Gasteiger partial charge on any atom is -0.744 e. The molecule has 2 aliphatic heterocycles. The van der Waals surface area contributed by atoms with Gasteiger partial charge in [0.25, 0.3) is 17.7 Å². The molecule has 370 valence electrons. The van der Waals surface area contributed by atoms with Crippen LogP contribution in [0.15, 0.2) is 102 Å². The second-order valence-electron chi connectivity index (χ2n) is 17.2. The van der Waals surface area contributed by atoms with Gasteiger partial charge in [-0.3, -0.25) is 29.0 Å². The van der Waals surface area contributed by atoms with Crippen molar-refractivity contribution >= 4 is 63.0 Å². The second-order valence-corrected chi connectivity index (χ2v) is 18.6. The van der Waals surface area contributed by atoms with Gasteiger partial charge >= 0.3 is 7.12 Å². The molecule has 0 bridgehead atoms. The maximum atomic E-state index is 13.4. The number of nitrogens with one attached hydrogen (secondary N) is 2. The molecule has 19 nitrogen and oxygen atoms in total. The van der Waals surface area contributed by atoms with E-state index in [-0.39, 0.29) is 30.4 Å². The Labute approximate surface area is 406 Å². The van der Waals surface area contributed by atoms with Crippen molar-refractivity contribution in [2.24, 2.45) is 0 Å². The summed E-state index contributed by atoms with van der Waals surface area (Å²) in [7, 11) is -0.657. The van der Waals surface area contributed by atoms with Gasteiger partial charge in [0, 0.05) is 36.7 Å². The average Bonchev–Trinajstić information content (AvgIpc) is 3.86. The van der Waals surface area contributed by atoms with Crippen molar-refractivity contribution in [3.63, 3.8) is 0 Å². The Morgan fingerprint density at radius 3 is 2.23 bits per heavy atom. The van der Waals surface area contributed by atoms with Crippen LogP contribution in [0.1, 0.15) is 51.1 Å². The SMILES string of the molecule is COc1ccc(CNC(=O)C(=O)[C@@H]2CCCN2C(=O)CNC(=O)c2ccnc3ccc(OCCC[N+]4(C)CCN(C(=O)c5ccc(B(O)O)cc5)CC4)cc23)cc1OC.Cc1ccc(S(=O)(=O)[O-])cc1. The van der Waals surface area contributed by atoms with Crippen molar-refractivity contribution in [1.82, 2.24) is 25.4 Å². The van der Waals surface area contributed by atoms with E-state index in [1.54, 1.807) is 78.9 Å². The van der Waals surface area contributed by atoms with Crippen LogP contribution in [0, 0.1) is 6.92 Å². The molecule has 1 aromatic heterocycles. The van der Waals surface area contributed by atoms with Crippen LogP contribution in [-0.4, -0.2) is 159 Å². The van der Waals surface area contributed by atoms with Gasteiger partial charge in [0.1, 0.15) is 21.9 Å². The standard InChI is InChI=1S/C42H49BN6O10.C7H8O3S/c1-49(21-18-47(19-22-49)42(54)29-8-10-30(11-9-29)43(55)56)20-5-23-59-31-12-13-34-33(25-31)32(15-16-44-34)40(52)46-27-38(50)48-17-4-6-35(48)39(51)41(53)45-26-28-7-14-36(57-2)37(24-28)58-3;1-6-2-4-7(5-3-6)11(8,9)10/h7-16,24-25,35,55-56H,4-6,17-23,26-27H2,1-3H3,(H-,45,46,52,53);2-5H,1H3,(H,8,9,10)/t35-;/m0./s1. The molecule has 0 spiro atoms. The third kappa shape index (κ3) is 13.7. The van der Waals surface area contributed by atoms with E-state index in [2.05, 4.69) is 22.7 Å². The van der Waals surface area contributed by atoms with E-state index < -0.39 is 46.8 Å². The molecule has 5 aromatic rings. The number of nitrogens with zero attached hydrogens (tertiary/aromatic N) is 4. The zero-order chi connectivity index (χ0) is 50.6. The topological polar surface area (TPSA) is 254 Å². The van der Waals surface area contributed by atoms with Gasteiger partial charge in [0.05, 0.1) is 83.1 Å². The Morgan fingerprint density at radius 2 is 1.57 bits per heavy atom. The zero-order valence-electron chi connectivity index (χ0n) is 39.5. The highest BCUT2D eigenvalue weighted by Gasteiger charge is 2.37. The first kappa shape index (κ1) is 52.5. The average molecular weight is 981 g/mol. The number of hydrogen-bond acceptors (Lipinski definition) is 14. The third-order valence-corrected chi connectivity index (χ3v) is 13.2. The lowest BCUT2D eigenvalue weighted by atomic mass is 9.80. The summed E-state index contributed by atoms with van der Waals surface area (Å²) in [4.78, 5) is 73.1. The highest BCUT2D eigenvalue weighted by molar-refractivity contribution is 7.85. The number of benzene rings is 4. The first-order valence-corrected chi connectivity index (χ1v) is 24.0. The van der Waals surface area contributed by atoms with Crippen molar-refractivity contribution in [2.75, 3.05) is 73.7 Å². The molecule has 0 unspecified atom stereocenters. The van der Waals surface area contributed by atoms with E-state index in [1.807, 2.05) is 11.8 Å². The van der Waals surface area contributed by atoms with Gasteiger partial charge in [-0.2, -0.15) is 0 Å². The Morgan fingerprint density at radius 1 is 0.871 bits per heavy atom. The van der Waals surface area contributed by atoms with Crippen LogP contribution in [0.25, 0.3) is 10.9 Å². The van der Waals surface area contributed by atoms with E-state index in [9.17, 15) is 47.0 Å². The van der Waals surface area contributed by atoms with Gasteiger partial charge < -0.3 is 53.7 Å². The van der Waals surface area contributed by atoms with Gasteiger partial charge in [0.15, 0.2) is 11.5 Å². The summed E-state index contributed by atoms with van der Waals surface area (Å²) in [6.45, 7) is 5.88. The van der Waals surface area contributed by atoms with Gasteiger partial charge in [0.2, 0.25) is 11.7 Å². The molecule has 3 heterocycles. The lowest BCUT2D eigenvalue weighted by Gasteiger charge is -2.42. The number of fused-ring (bicyclic) bond motifs is 1. The summed E-state index contributed by atoms with van der Waals surface area (Å²) < 4.78 is 48.6. The fourth-order valence-corrected chi connectivity index (χ4v) is 8.68. The van der Waals surface area contributed by atoms with Crippen LogP contribution in [-0.2, 0) is 31.0 Å². The number of aromatic nitrogens is 1. The van der Waals surface area contributed by atoms with Crippen LogP contribution in [0.3, 0.4) is 0 Å². The summed E-state index contributed by atoms with van der Waals surface area (Å²) in [6, 6.07) is 23.2. The van der Waals surface area contributed by atoms with E-state index in [0.29, 0.717) is 82.8 Å². The normalized spacial score (nSPS) is 15.3. The van der Waals surface area contributed by atoms with E-state index in [0.717, 1.165) is 36.1 Å². The summed E-state index contributed by atoms with van der Waals surface area (Å²) in [5.74, 6) is -0.970. The van der Waals surface area contributed by atoms with Crippen molar-refractivity contribution in [3.8, 4) is 17.2 Å². The molecule has 2 saturated heterocycles. The van der Waals surface area contributed by atoms with Crippen LogP contribution >= 0.6 is 0 Å². The lowest BCUT2D eigenvalue weighted by Crippen LogP contribution is -2.58. The summed E-state index contributed by atoms with van der Waals surface area (Å²) >= 11 is 0. The van der Waals surface area contributed by atoms with Crippen molar-refractivity contribution < 1.29 is 65.7 Å². The summed E-state index contributed by atoms with van der Waals surface area (Å²) in [5.41, 5.74) is 3.36. The highest BCUT2D eigenvalue weighted by atomic mass is 32.2. The number of quaternary nitrogens is 1. The van der Waals surface area contributed by atoms with Gasteiger partial charge in [-0.1, -0.05) is 35.9 Å². The quantitative estimate of drug-likeness (QED) is 0.0341. The Balaban J connectivity index is 0.000000643. The molecular weight excluding hydrogens is 923 g/mol. The molecule has 1 atom stereocenters. The number of hydrogen-bond donors (Lipinski definition) is 4. The van der Waals surface area contributed by atoms with Crippen molar-refractivity contribution in [3.05, 3.63) is 119 Å². The molecule has 0 saturated carbocycles. The number of carbonyl (C=O) groups excluding carboxylic acids is 5. The number of ketones is 1. The summed E-state index contributed by atoms with van der Waals surface area (Å²) in [6.07, 6.45) is 3.17. The first-order chi connectivity index (χ1) is 33.4. The Kier molecular flexibility index (Phi) is 17.7. The fourth-order valence-electron chi connectivity index (χ4n) is 8.21. The number of pyridine rings is 1. The Bertz CT molecular complexity index is 2790. The predicted molar refractivity (Wildman–Crippen MR) is 257 cm³/mol.